The summed E-state index contributed by atoms with van der Waals surface area (Å²) in [7, 11) is 0.724. The Morgan fingerprint density at radius 2 is 1.11 bits per heavy atom. The zero-order chi connectivity index (χ0) is 19.4. The van der Waals surface area contributed by atoms with E-state index in [9.17, 15) is 0 Å². The predicted octanol–water partition coefficient (Wildman–Crippen LogP) is 8.07. The second kappa shape index (κ2) is 19.6. The molecule has 0 N–H and O–H groups in total. The monoisotopic (exact) mass is 399 g/mol. The summed E-state index contributed by atoms with van der Waals surface area (Å²) in [6.07, 6.45) is 26.3. The molecule has 1 atom stereocenters. The smallest absolute Gasteiger partial charge is 0.108 e. The van der Waals surface area contributed by atoms with Crippen molar-refractivity contribution in [3.8, 4) is 0 Å². The van der Waals surface area contributed by atoms with E-state index in [0.717, 1.165) is 17.5 Å². The molecule has 0 aromatic heterocycles. The summed E-state index contributed by atoms with van der Waals surface area (Å²) in [6, 6.07) is 0. The van der Waals surface area contributed by atoms with Crippen LogP contribution in [0.3, 0.4) is 0 Å². The molecule has 162 valence electrons. The van der Waals surface area contributed by atoms with Crippen LogP contribution >= 0.6 is 0 Å². The minimum Gasteiger partial charge on any atom is -0.378 e. The molecule has 1 unspecified atom stereocenters. The van der Waals surface area contributed by atoms with E-state index < -0.39 is 0 Å². The van der Waals surface area contributed by atoms with Gasteiger partial charge in [-0.2, -0.15) is 0 Å². The SMILES string of the molecule is CCCCCCCC[S+](CCCCCCCC)CCCCCC1CCCO1. The lowest BCUT2D eigenvalue weighted by Gasteiger charge is -2.11. The Hall–Kier alpha value is 0.310. The maximum atomic E-state index is 5.77. The fourth-order valence-corrected chi connectivity index (χ4v) is 6.66. The van der Waals surface area contributed by atoms with Gasteiger partial charge in [-0.1, -0.05) is 71.6 Å². The average Bonchev–Trinajstić information content (AvgIpc) is 3.19. The van der Waals surface area contributed by atoms with Crippen LogP contribution in [0.5, 0.6) is 0 Å². The molecular formula is C25H51OS+. The average molecular weight is 400 g/mol. The fourth-order valence-electron chi connectivity index (χ4n) is 4.21. The molecule has 1 heterocycles. The standard InChI is InChI=1S/C25H51OS/c1-3-5-7-9-11-15-22-27(23-16-12-10-8-6-4-2)24-17-13-14-19-25-20-18-21-26-25/h25H,3-24H2,1-2H3/q+1. The lowest BCUT2D eigenvalue weighted by atomic mass is 10.1. The van der Waals surface area contributed by atoms with E-state index in [1.54, 1.807) is 0 Å². The molecular weight excluding hydrogens is 348 g/mol. The van der Waals surface area contributed by atoms with Crippen molar-refractivity contribution < 1.29 is 4.74 Å². The number of unbranched alkanes of at least 4 members (excludes halogenated alkanes) is 12. The van der Waals surface area contributed by atoms with Crippen LogP contribution in [-0.2, 0) is 15.6 Å². The third-order valence-electron chi connectivity index (χ3n) is 6.06. The first-order valence-corrected chi connectivity index (χ1v) is 14.4. The molecule has 1 aliphatic heterocycles. The van der Waals surface area contributed by atoms with E-state index in [2.05, 4.69) is 13.8 Å². The Bertz CT molecular complexity index is 272. The molecule has 0 amide bonds. The lowest BCUT2D eigenvalue weighted by molar-refractivity contribution is 0.102. The Morgan fingerprint density at radius 3 is 1.59 bits per heavy atom. The van der Waals surface area contributed by atoms with Crippen molar-refractivity contribution in [3.63, 3.8) is 0 Å². The third kappa shape index (κ3) is 15.9. The highest BCUT2D eigenvalue weighted by atomic mass is 32.2. The first-order chi connectivity index (χ1) is 13.4. The molecule has 27 heavy (non-hydrogen) atoms. The van der Waals surface area contributed by atoms with Crippen LogP contribution < -0.4 is 0 Å². The van der Waals surface area contributed by atoms with Gasteiger partial charge in [-0.25, -0.2) is 0 Å². The van der Waals surface area contributed by atoms with Gasteiger partial charge in [0, 0.05) is 6.61 Å². The molecule has 0 aromatic rings. The normalized spacial score (nSPS) is 17.2. The minimum atomic E-state index is 0.606. The van der Waals surface area contributed by atoms with Gasteiger partial charge in [-0.3, -0.25) is 0 Å². The molecule has 0 aliphatic carbocycles. The number of rotatable bonds is 20. The van der Waals surface area contributed by atoms with Crippen LogP contribution in [0.4, 0.5) is 0 Å². The van der Waals surface area contributed by atoms with Crippen molar-refractivity contribution in [2.24, 2.45) is 0 Å². The van der Waals surface area contributed by atoms with E-state index in [0.29, 0.717) is 6.10 Å². The number of hydrogen-bond donors (Lipinski definition) is 0. The second-order valence-electron chi connectivity index (χ2n) is 8.74. The van der Waals surface area contributed by atoms with Crippen LogP contribution in [0.1, 0.15) is 129 Å². The first kappa shape index (κ1) is 25.3. The molecule has 0 aromatic carbocycles. The molecule has 0 saturated carbocycles. The van der Waals surface area contributed by atoms with Gasteiger partial charge in [-0.15, -0.1) is 0 Å². The van der Waals surface area contributed by atoms with E-state index in [4.69, 9.17) is 4.74 Å². The summed E-state index contributed by atoms with van der Waals surface area (Å²) in [5.41, 5.74) is 0. The van der Waals surface area contributed by atoms with Crippen LogP contribution in [-0.4, -0.2) is 30.0 Å². The van der Waals surface area contributed by atoms with E-state index in [1.807, 2.05) is 0 Å². The van der Waals surface area contributed by atoms with Crippen molar-refractivity contribution in [1.29, 1.82) is 0 Å². The number of hydrogen-bond acceptors (Lipinski definition) is 1. The molecule has 1 nitrogen and oxygen atoms in total. The third-order valence-corrected chi connectivity index (χ3v) is 8.65. The van der Waals surface area contributed by atoms with Gasteiger partial charge in [0.25, 0.3) is 0 Å². The van der Waals surface area contributed by atoms with E-state index in [1.165, 1.54) is 133 Å². The summed E-state index contributed by atoms with van der Waals surface area (Å²) < 4.78 is 5.77. The quantitative estimate of drug-likeness (QED) is 0.148. The Morgan fingerprint density at radius 1 is 0.630 bits per heavy atom. The molecule has 2 heteroatoms. The van der Waals surface area contributed by atoms with Gasteiger partial charge >= 0.3 is 0 Å². The molecule has 1 rings (SSSR count). The largest absolute Gasteiger partial charge is 0.378 e. The van der Waals surface area contributed by atoms with Crippen molar-refractivity contribution in [3.05, 3.63) is 0 Å². The maximum Gasteiger partial charge on any atom is 0.108 e. The Balaban J connectivity index is 2.08. The van der Waals surface area contributed by atoms with E-state index in [-0.39, 0.29) is 0 Å². The maximum absolute atomic E-state index is 5.77. The first-order valence-electron chi connectivity index (χ1n) is 12.6. The summed E-state index contributed by atoms with van der Waals surface area (Å²) >= 11 is 0. The predicted molar refractivity (Wildman–Crippen MR) is 126 cm³/mol. The highest BCUT2D eigenvalue weighted by molar-refractivity contribution is 7.96. The number of ether oxygens (including phenoxy) is 1. The summed E-state index contributed by atoms with van der Waals surface area (Å²) in [5.74, 6) is 4.59. The van der Waals surface area contributed by atoms with Gasteiger partial charge in [0.2, 0.25) is 0 Å². The molecule has 0 radical (unpaired) electrons. The van der Waals surface area contributed by atoms with Crippen LogP contribution in [0, 0.1) is 0 Å². The van der Waals surface area contributed by atoms with E-state index >= 15 is 0 Å². The summed E-state index contributed by atoms with van der Waals surface area (Å²) in [5, 5.41) is 0. The van der Waals surface area contributed by atoms with Gasteiger partial charge in [0.05, 0.1) is 6.10 Å². The van der Waals surface area contributed by atoms with Crippen molar-refractivity contribution >= 4 is 10.9 Å². The zero-order valence-electron chi connectivity index (χ0n) is 19.0. The molecule has 1 aliphatic rings. The van der Waals surface area contributed by atoms with Crippen LogP contribution in [0.25, 0.3) is 0 Å². The highest BCUT2D eigenvalue weighted by Crippen LogP contribution is 2.19. The van der Waals surface area contributed by atoms with Gasteiger partial charge in [0.1, 0.15) is 17.3 Å². The molecule has 1 fully saturated rings. The molecule has 0 bridgehead atoms. The Kier molecular flexibility index (Phi) is 18.4. The summed E-state index contributed by atoms with van der Waals surface area (Å²) in [6.45, 7) is 5.65. The zero-order valence-corrected chi connectivity index (χ0v) is 19.8. The van der Waals surface area contributed by atoms with Crippen molar-refractivity contribution in [2.75, 3.05) is 23.9 Å². The highest BCUT2D eigenvalue weighted by Gasteiger charge is 2.18. The van der Waals surface area contributed by atoms with Gasteiger partial charge in [-0.05, 0) is 68.7 Å². The van der Waals surface area contributed by atoms with Crippen LogP contribution in [0.2, 0.25) is 0 Å². The molecule has 1 saturated heterocycles. The molecule has 0 spiro atoms. The summed E-state index contributed by atoms with van der Waals surface area (Å²) in [4.78, 5) is 0. The van der Waals surface area contributed by atoms with Gasteiger partial charge < -0.3 is 4.74 Å². The van der Waals surface area contributed by atoms with Crippen LogP contribution in [0.15, 0.2) is 0 Å². The van der Waals surface area contributed by atoms with Gasteiger partial charge in [0.15, 0.2) is 0 Å². The Labute approximate surface area is 175 Å². The topological polar surface area (TPSA) is 9.23 Å². The lowest BCUT2D eigenvalue weighted by Crippen LogP contribution is -2.17. The second-order valence-corrected chi connectivity index (χ2v) is 11.2. The minimum absolute atomic E-state index is 0.606. The van der Waals surface area contributed by atoms with Crippen molar-refractivity contribution in [1.82, 2.24) is 0 Å². The van der Waals surface area contributed by atoms with Crippen molar-refractivity contribution in [2.45, 2.75) is 136 Å². The fraction of sp³-hybridized carbons (Fsp3) is 1.00.